The smallest absolute Gasteiger partial charge is 0.328 e. The summed E-state index contributed by atoms with van der Waals surface area (Å²) in [5, 5.41) is 20.1. The number of aliphatic carboxylic acids is 2. The maximum absolute atomic E-state index is 12.6. The molecule has 0 aromatic heterocycles. The van der Waals surface area contributed by atoms with E-state index in [9.17, 15) is 14.4 Å². The highest BCUT2D eigenvalue weighted by molar-refractivity contribution is 5.91. The normalized spacial score (nSPS) is 38.7. The van der Waals surface area contributed by atoms with Crippen LogP contribution in [-0.2, 0) is 19.2 Å². The van der Waals surface area contributed by atoms with Gasteiger partial charge in [-0.25, -0.2) is 9.59 Å². The lowest BCUT2D eigenvalue weighted by Crippen LogP contribution is -2.58. The van der Waals surface area contributed by atoms with Crippen molar-refractivity contribution < 1.29 is 29.4 Å². The summed E-state index contributed by atoms with van der Waals surface area (Å²) < 4.78 is 0. The van der Waals surface area contributed by atoms with Gasteiger partial charge in [-0.3, -0.25) is 4.79 Å². The summed E-state index contributed by atoms with van der Waals surface area (Å²) in [5.41, 5.74) is 7.22. The van der Waals surface area contributed by atoms with Gasteiger partial charge in [0.15, 0.2) is 0 Å². The number of rotatable bonds is 5. The van der Waals surface area contributed by atoms with E-state index in [1.165, 1.54) is 31.4 Å². The van der Waals surface area contributed by atoms with Crippen molar-refractivity contribution in [2.24, 2.45) is 50.8 Å². The zero-order valence-corrected chi connectivity index (χ0v) is 21.6. The molecule has 0 bridgehead atoms. The standard InChI is InChI=1S/C23H38N2O2.C4H4O4/c1-21(2)18-7-5-15-16-6-8-20(26)23(16,4)11-9-17(15)22(18,3)12-10-19(21)25-27-14-13-24;5-3(6)1-2-4(7)8/h15-18H,5-14,24H2,1-4H3;1-2H,(H,5,6)(H,7,8)/t15-,16-,17-,18-,22+,23-;/m0./s1. The van der Waals surface area contributed by atoms with Crippen LogP contribution in [0.1, 0.15) is 79.1 Å². The number of Topliss-reactive ketones (excluding diaryl/α,β-unsaturated/α-hetero) is 1. The van der Waals surface area contributed by atoms with Gasteiger partial charge >= 0.3 is 11.9 Å². The fourth-order valence-electron chi connectivity index (χ4n) is 8.17. The van der Waals surface area contributed by atoms with Crippen LogP contribution in [0.2, 0.25) is 0 Å². The molecule has 0 radical (unpaired) electrons. The van der Waals surface area contributed by atoms with E-state index in [2.05, 4.69) is 32.9 Å². The van der Waals surface area contributed by atoms with Crippen LogP contribution in [0.3, 0.4) is 0 Å². The molecular weight excluding hydrogens is 448 g/mol. The molecular formula is C27H42N2O6. The minimum Gasteiger partial charge on any atom is -0.478 e. The van der Waals surface area contributed by atoms with Gasteiger partial charge in [0.25, 0.3) is 0 Å². The third kappa shape index (κ3) is 5.18. The fraction of sp³-hybridized carbons (Fsp3) is 0.778. The van der Waals surface area contributed by atoms with Gasteiger partial charge in [0.05, 0.1) is 5.71 Å². The SMILES string of the molecule is CC1(C)C(=NOCCN)CC[C@]2(C)[C@H]3CC[C@]4(C)C(=O)CC[C@H]4[C@@H]3CC[C@@H]12.O=C(O)C=CC(=O)O. The molecule has 35 heavy (non-hydrogen) atoms. The van der Waals surface area contributed by atoms with E-state index in [1.807, 2.05) is 0 Å². The third-order valence-electron chi connectivity index (χ3n) is 9.85. The molecule has 0 spiro atoms. The van der Waals surface area contributed by atoms with E-state index in [0.717, 1.165) is 37.5 Å². The summed E-state index contributed by atoms with van der Waals surface area (Å²) >= 11 is 0. The predicted octanol–water partition coefficient (Wildman–Crippen LogP) is 4.28. The molecule has 4 aliphatic carbocycles. The lowest BCUT2D eigenvalue weighted by atomic mass is 9.41. The topological polar surface area (TPSA) is 139 Å². The second-order valence-electron chi connectivity index (χ2n) is 11.8. The fourth-order valence-corrected chi connectivity index (χ4v) is 8.17. The quantitative estimate of drug-likeness (QED) is 0.297. The number of ketones is 1. The van der Waals surface area contributed by atoms with Gasteiger partial charge in [-0.05, 0) is 74.0 Å². The van der Waals surface area contributed by atoms with Crippen molar-refractivity contribution in [1.29, 1.82) is 0 Å². The van der Waals surface area contributed by atoms with E-state index in [-0.39, 0.29) is 10.8 Å². The van der Waals surface area contributed by atoms with Crippen LogP contribution in [0.15, 0.2) is 17.3 Å². The van der Waals surface area contributed by atoms with Crippen LogP contribution in [0.5, 0.6) is 0 Å². The summed E-state index contributed by atoms with van der Waals surface area (Å²) in [5.74, 6) is 0.841. The molecule has 4 N–H and O–H groups in total. The highest BCUT2D eigenvalue weighted by atomic mass is 16.6. The molecule has 0 saturated heterocycles. The van der Waals surface area contributed by atoms with Crippen LogP contribution < -0.4 is 5.73 Å². The van der Waals surface area contributed by atoms with Crippen molar-refractivity contribution in [3.05, 3.63) is 12.2 Å². The van der Waals surface area contributed by atoms with Crippen LogP contribution in [0.4, 0.5) is 0 Å². The van der Waals surface area contributed by atoms with Crippen molar-refractivity contribution in [3.8, 4) is 0 Å². The molecule has 0 unspecified atom stereocenters. The van der Waals surface area contributed by atoms with Crippen LogP contribution >= 0.6 is 0 Å². The molecule has 4 saturated carbocycles. The second-order valence-corrected chi connectivity index (χ2v) is 11.8. The van der Waals surface area contributed by atoms with Gasteiger partial charge in [-0.15, -0.1) is 0 Å². The van der Waals surface area contributed by atoms with Crippen molar-refractivity contribution in [3.63, 3.8) is 0 Å². The van der Waals surface area contributed by atoms with E-state index < -0.39 is 11.9 Å². The van der Waals surface area contributed by atoms with Gasteiger partial charge < -0.3 is 20.8 Å². The predicted molar refractivity (Wildman–Crippen MR) is 133 cm³/mol. The highest BCUT2D eigenvalue weighted by Gasteiger charge is 2.62. The van der Waals surface area contributed by atoms with Gasteiger partial charge in [0.1, 0.15) is 12.4 Å². The van der Waals surface area contributed by atoms with E-state index in [1.54, 1.807) is 0 Å². The van der Waals surface area contributed by atoms with Gasteiger partial charge in [0, 0.05) is 35.9 Å². The Balaban J connectivity index is 0.000000371. The van der Waals surface area contributed by atoms with Gasteiger partial charge in [-0.2, -0.15) is 0 Å². The van der Waals surface area contributed by atoms with Crippen LogP contribution in [-0.4, -0.2) is 46.8 Å². The lowest BCUT2D eigenvalue weighted by Gasteiger charge is -2.63. The number of oxime groups is 1. The molecule has 6 atom stereocenters. The Morgan fingerprint density at radius 2 is 1.66 bits per heavy atom. The first kappa shape index (κ1) is 27.4. The molecule has 4 aliphatic rings. The maximum Gasteiger partial charge on any atom is 0.328 e. The maximum atomic E-state index is 12.6. The van der Waals surface area contributed by atoms with Crippen molar-refractivity contribution >= 4 is 23.4 Å². The Labute approximate surface area is 208 Å². The van der Waals surface area contributed by atoms with E-state index in [0.29, 0.717) is 48.3 Å². The summed E-state index contributed by atoms with van der Waals surface area (Å²) in [6.07, 6.45) is 10.2. The van der Waals surface area contributed by atoms with E-state index >= 15 is 0 Å². The average molecular weight is 491 g/mol. The number of hydrogen-bond acceptors (Lipinski definition) is 6. The van der Waals surface area contributed by atoms with Gasteiger partial charge in [0.2, 0.25) is 0 Å². The summed E-state index contributed by atoms with van der Waals surface area (Å²) in [7, 11) is 0. The minimum absolute atomic E-state index is 0.0166. The first-order valence-electron chi connectivity index (χ1n) is 12.9. The second kappa shape index (κ2) is 10.4. The zero-order chi connectivity index (χ0) is 26.0. The Morgan fingerprint density at radius 3 is 2.26 bits per heavy atom. The third-order valence-corrected chi connectivity index (χ3v) is 9.85. The number of hydrogen-bond donors (Lipinski definition) is 3. The Kier molecular flexibility index (Phi) is 8.14. The monoisotopic (exact) mass is 490 g/mol. The summed E-state index contributed by atoms with van der Waals surface area (Å²) in [6.45, 7) is 10.6. The Morgan fingerprint density at radius 1 is 1.00 bits per heavy atom. The highest BCUT2D eigenvalue weighted by Crippen LogP contribution is 2.67. The van der Waals surface area contributed by atoms with Gasteiger partial charge in [-0.1, -0.05) is 32.9 Å². The molecule has 4 fully saturated rings. The van der Waals surface area contributed by atoms with Crippen LogP contribution in [0, 0.1) is 39.9 Å². The summed E-state index contributed by atoms with van der Waals surface area (Å²) in [4.78, 5) is 37.2. The number of carboxylic acids is 2. The Bertz CT molecular complexity index is 880. The first-order chi connectivity index (χ1) is 16.4. The number of carboxylic acid groups (broad SMARTS) is 2. The Hall–Kier alpha value is -2.22. The average Bonchev–Trinajstić information content (AvgIpc) is 3.09. The van der Waals surface area contributed by atoms with Crippen molar-refractivity contribution in [2.45, 2.75) is 79.1 Å². The zero-order valence-electron chi connectivity index (χ0n) is 21.6. The van der Waals surface area contributed by atoms with Crippen molar-refractivity contribution in [1.82, 2.24) is 0 Å². The number of nitrogens with zero attached hydrogens (tertiary/aromatic N) is 1. The molecule has 0 aliphatic heterocycles. The molecule has 4 rings (SSSR count). The molecule has 0 aromatic rings. The first-order valence-corrected chi connectivity index (χ1v) is 12.9. The van der Waals surface area contributed by atoms with Crippen LogP contribution in [0.25, 0.3) is 0 Å². The van der Waals surface area contributed by atoms with Crippen molar-refractivity contribution in [2.75, 3.05) is 13.2 Å². The molecule has 0 amide bonds. The number of carbonyl (C=O) groups is 3. The minimum atomic E-state index is -1.26. The summed E-state index contributed by atoms with van der Waals surface area (Å²) in [6, 6.07) is 0. The molecule has 8 heteroatoms. The molecule has 0 aromatic carbocycles. The van der Waals surface area contributed by atoms with E-state index in [4.69, 9.17) is 20.8 Å². The lowest BCUT2D eigenvalue weighted by molar-refractivity contribution is -0.141. The molecule has 196 valence electrons. The largest absolute Gasteiger partial charge is 0.478 e. The number of fused-ring (bicyclic) bond motifs is 5. The number of carbonyl (C=O) groups excluding carboxylic acids is 1. The molecule has 0 heterocycles. The number of nitrogens with two attached hydrogens (primary N) is 1. The molecule has 8 nitrogen and oxygen atoms in total.